The molecule has 0 saturated carbocycles. The van der Waals surface area contributed by atoms with Crippen LogP contribution < -0.4 is 15.6 Å². The van der Waals surface area contributed by atoms with E-state index in [-0.39, 0.29) is 28.7 Å². The van der Waals surface area contributed by atoms with E-state index in [0.717, 1.165) is 5.56 Å². The number of carbonyl (C=O) groups is 1. The summed E-state index contributed by atoms with van der Waals surface area (Å²) in [5, 5.41) is 57.6. The van der Waals surface area contributed by atoms with Gasteiger partial charge in [-0.05, 0) is 34.9 Å². The van der Waals surface area contributed by atoms with Gasteiger partial charge in [0.05, 0.1) is 13.2 Å². The van der Waals surface area contributed by atoms with Crippen molar-refractivity contribution in [3.8, 4) is 5.75 Å². The summed E-state index contributed by atoms with van der Waals surface area (Å²) in [7, 11) is 0. The summed E-state index contributed by atoms with van der Waals surface area (Å²) < 4.78 is 11.5. The molecule has 8 N–H and O–H groups in total. The van der Waals surface area contributed by atoms with Crippen LogP contribution in [0.4, 0.5) is 5.82 Å². The molecule has 0 aliphatic carbocycles. The number of hydrogen-bond donors (Lipinski definition) is 7. The average Bonchev–Trinajstić information content (AvgIpc) is 3.24. The smallest absolute Gasteiger partial charge is 0.285 e. The highest BCUT2D eigenvalue weighted by Gasteiger charge is 2.48. The number of quaternary nitrogens is 1. The topological polar surface area (TPSA) is 200 Å². The number of aliphatic hydroxyl groups is 4. The van der Waals surface area contributed by atoms with E-state index in [0.29, 0.717) is 43.9 Å². The molecule has 3 heterocycles. The Morgan fingerprint density at radius 3 is 2.58 bits per heavy atom. The van der Waals surface area contributed by atoms with Gasteiger partial charge in [0.25, 0.3) is 11.7 Å². The number of aromatic hydroxyl groups is 1. The first-order chi connectivity index (χ1) is 18.3. The summed E-state index contributed by atoms with van der Waals surface area (Å²) in [6.45, 7) is 0.572. The fourth-order valence-corrected chi connectivity index (χ4v) is 4.57. The number of carbonyl (C=O) groups excluding carboxylic acids is 1. The van der Waals surface area contributed by atoms with Gasteiger partial charge in [-0.15, -0.1) is 4.59 Å². The number of pyridine rings is 1. The van der Waals surface area contributed by atoms with Gasteiger partial charge in [-0.1, -0.05) is 12.1 Å². The van der Waals surface area contributed by atoms with Crippen molar-refractivity contribution in [1.29, 1.82) is 0 Å². The van der Waals surface area contributed by atoms with Crippen molar-refractivity contribution in [3.05, 3.63) is 53.7 Å². The van der Waals surface area contributed by atoms with E-state index in [4.69, 9.17) is 20.3 Å². The number of phenols is 1. The maximum Gasteiger partial charge on any atom is 0.285 e. The van der Waals surface area contributed by atoms with Gasteiger partial charge >= 0.3 is 0 Å². The second-order valence-electron chi connectivity index (χ2n) is 9.29. The number of rotatable bonds is 10. The van der Waals surface area contributed by atoms with Crippen molar-refractivity contribution < 1.29 is 39.8 Å². The lowest BCUT2D eigenvalue weighted by Crippen LogP contribution is -2.59. The molecule has 206 valence electrons. The molecule has 38 heavy (non-hydrogen) atoms. The Morgan fingerprint density at radius 1 is 1.11 bits per heavy atom. The molecule has 1 aromatic carbocycles. The van der Waals surface area contributed by atoms with Crippen LogP contribution in [0.15, 0.2) is 47.7 Å². The number of benzene rings is 1. The highest BCUT2D eigenvalue weighted by atomic mass is 16.7. The number of fused-ring (bicyclic) bond motifs is 1. The number of ether oxygens (including phenoxy) is 2. The van der Waals surface area contributed by atoms with Crippen molar-refractivity contribution in [2.75, 3.05) is 32.8 Å². The summed E-state index contributed by atoms with van der Waals surface area (Å²) in [6.07, 6.45) is -4.50. The second-order valence-corrected chi connectivity index (χ2v) is 9.29. The number of phenolic OH excluding ortho intramolecular Hbond substituents is 1. The fraction of sp³-hybridized carbons (Fsp3) is 0.480. The van der Waals surface area contributed by atoms with E-state index in [1.54, 1.807) is 30.5 Å². The van der Waals surface area contributed by atoms with E-state index in [9.17, 15) is 30.3 Å². The molecule has 1 aromatic heterocycles. The van der Waals surface area contributed by atoms with Gasteiger partial charge in [-0.2, -0.15) is 0 Å². The molecule has 1 saturated heterocycles. The quantitative estimate of drug-likeness (QED) is 0.137. The van der Waals surface area contributed by atoms with E-state index >= 15 is 0 Å². The molecule has 1 unspecified atom stereocenters. The Kier molecular flexibility index (Phi) is 8.89. The molecule has 13 nitrogen and oxygen atoms in total. The Morgan fingerprint density at radius 2 is 1.87 bits per heavy atom. The fourth-order valence-electron chi connectivity index (χ4n) is 4.57. The van der Waals surface area contributed by atoms with Crippen LogP contribution in [0.3, 0.4) is 0 Å². The zero-order chi connectivity index (χ0) is 27.3. The lowest BCUT2D eigenvalue weighted by Gasteiger charge is -2.39. The Labute approximate surface area is 219 Å². The molecule has 6 atom stereocenters. The van der Waals surface area contributed by atoms with Crippen molar-refractivity contribution >= 4 is 17.6 Å². The molecular formula is C25H34N5O8+. The van der Waals surface area contributed by atoms with Crippen LogP contribution in [0.1, 0.15) is 17.5 Å². The minimum absolute atomic E-state index is 0.0162. The molecule has 13 heteroatoms. The zero-order valence-electron chi connectivity index (χ0n) is 20.8. The van der Waals surface area contributed by atoms with Gasteiger partial charge in [-0.3, -0.25) is 4.79 Å². The molecule has 4 rings (SSSR count). The van der Waals surface area contributed by atoms with E-state index in [2.05, 4.69) is 10.3 Å². The van der Waals surface area contributed by atoms with Gasteiger partial charge < -0.3 is 46.1 Å². The van der Waals surface area contributed by atoms with Crippen molar-refractivity contribution in [3.63, 3.8) is 0 Å². The van der Waals surface area contributed by atoms with Gasteiger partial charge in [0.2, 0.25) is 12.2 Å². The Hall–Kier alpha value is -3.17. The molecule has 2 aliphatic heterocycles. The molecule has 0 radical (unpaired) electrons. The number of hydrogen-bond acceptors (Lipinski definition) is 11. The molecule has 2 aliphatic rings. The SMILES string of the molecule is NCC(=O)NCCC[N+]1(CCc2ccc(O)cc2)N=C(O[C@@H]2O[C@H](CO)[C@@H](O)[C@H](O)[C@H]2O)c2cccnc21. The van der Waals surface area contributed by atoms with Gasteiger partial charge in [0, 0.05) is 25.6 Å². The minimum atomic E-state index is -1.60. The highest BCUT2D eigenvalue weighted by Crippen LogP contribution is 2.35. The van der Waals surface area contributed by atoms with Gasteiger partial charge in [0.15, 0.2) is 0 Å². The van der Waals surface area contributed by atoms with Gasteiger partial charge in [-0.25, -0.2) is 4.98 Å². The monoisotopic (exact) mass is 532 g/mol. The van der Waals surface area contributed by atoms with Crippen LogP contribution in [-0.2, 0) is 20.7 Å². The van der Waals surface area contributed by atoms with Crippen LogP contribution in [0.25, 0.3) is 0 Å². The maximum atomic E-state index is 11.6. The lowest BCUT2D eigenvalue weighted by molar-refractivity contribution is -0.281. The number of nitrogens with one attached hydrogen (secondary N) is 1. The second kappa shape index (κ2) is 12.1. The lowest BCUT2D eigenvalue weighted by atomic mass is 9.99. The van der Waals surface area contributed by atoms with Gasteiger partial charge in [0.1, 0.15) is 48.8 Å². The van der Waals surface area contributed by atoms with E-state index in [1.165, 1.54) is 0 Å². The normalized spacial score (nSPS) is 28.4. The maximum absolute atomic E-state index is 11.6. The third-order valence-electron chi connectivity index (χ3n) is 6.69. The van der Waals surface area contributed by atoms with Crippen LogP contribution in [0.5, 0.6) is 5.75 Å². The minimum Gasteiger partial charge on any atom is -0.508 e. The number of nitrogens with zero attached hydrogens (tertiary/aromatic N) is 3. The van der Waals surface area contributed by atoms with Crippen LogP contribution >= 0.6 is 0 Å². The first-order valence-electron chi connectivity index (χ1n) is 12.4. The molecule has 2 aromatic rings. The third-order valence-corrected chi connectivity index (χ3v) is 6.69. The average molecular weight is 533 g/mol. The summed E-state index contributed by atoms with van der Waals surface area (Å²) in [6, 6.07) is 10.3. The van der Waals surface area contributed by atoms with Crippen molar-refractivity contribution in [1.82, 2.24) is 14.9 Å². The summed E-state index contributed by atoms with van der Waals surface area (Å²) in [5.74, 6) is 0.607. The Bertz CT molecular complexity index is 1130. The number of amides is 1. The van der Waals surface area contributed by atoms with E-state index in [1.807, 2.05) is 12.1 Å². The molecule has 0 spiro atoms. The first kappa shape index (κ1) is 27.9. The number of aliphatic hydroxyl groups excluding tert-OH is 4. The largest absolute Gasteiger partial charge is 0.508 e. The standard InChI is InChI=1S/C25H33N5O8/c26-13-19(33)27-10-2-11-30(12-8-15-4-6-16(32)7-5-15)23-17(3-1-9-28-23)24(29-30)38-25-22(36)21(35)20(34)18(14-31)37-25/h1,3-7,9,18,20-22,25,31,34-36H,2,8,10-14,26H2,(H-,27,32,33)/p+1/t18-,20-,21+,22-,25+,30?/m1/s1. The number of aromatic nitrogens is 1. The Balaban J connectivity index is 1.62. The first-order valence-corrected chi connectivity index (χ1v) is 12.4. The summed E-state index contributed by atoms with van der Waals surface area (Å²) >= 11 is 0. The van der Waals surface area contributed by atoms with Crippen molar-refractivity contribution in [2.24, 2.45) is 10.8 Å². The van der Waals surface area contributed by atoms with E-state index < -0.39 is 37.3 Å². The zero-order valence-corrected chi connectivity index (χ0v) is 20.8. The highest BCUT2D eigenvalue weighted by molar-refractivity contribution is 6.01. The summed E-state index contributed by atoms with van der Waals surface area (Å²) in [4.78, 5) is 16.2. The van der Waals surface area contributed by atoms with Crippen LogP contribution in [0, 0.1) is 0 Å². The molecule has 1 amide bonds. The number of nitrogens with two attached hydrogens (primary N) is 1. The molecule has 1 fully saturated rings. The molecular weight excluding hydrogens is 498 g/mol. The third kappa shape index (κ3) is 5.94. The predicted octanol–water partition coefficient (Wildman–Crippen LogP) is -1.71. The predicted molar refractivity (Wildman–Crippen MR) is 136 cm³/mol. The van der Waals surface area contributed by atoms with Crippen LogP contribution in [0.2, 0.25) is 0 Å². The van der Waals surface area contributed by atoms with Crippen molar-refractivity contribution in [2.45, 2.75) is 43.5 Å². The summed E-state index contributed by atoms with van der Waals surface area (Å²) in [5.41, 5.74) is 6.90. The molecule has 0 bridgehead atoms. The van der Waals surface area contributed by atoms with Crippen LogP contribution in [-0.4, -0.2) is 106 Å².